The van der Waals surface area contributed by atoms with E-state index in [2.05, 4.69) is 17.6 Å². The Morgan fingerprint density at radius 3 is 2.29 bits per heavy atom. The van der Waals surface area contributed by atoms with E-state index in [4.69, 9.17) is 5.11 Å². The monoisotopic (exact) mass is 652 g/mol. The number of amides is 2. The van der Waals surface area contributed by atoms with Crippen LogP contribution in [-0.4, -0.2) is 60.6 Å². The number of benzene rings is 3. The van der Waals surface area contributed by atoms with E-state index in [1.54, 1.807) is 48.5 Å². The van der Waals surface area contributed by atoms with Crippen LogP contribution in [-0.2, 0) is 24.2 Å². The number of carboxylic acids is 1. The third-order valence-electron chi connectivity index (χ3n) is 8.45. The van der Waals surface area contributed by atoms with Gasteiger partial charge in [-0.15, -0.1) is 11.8 Å². The van der Waals surface area contributed by atoms with Crippen molar-refractivity contribution >= 4 is 39.4 Å². The maximum absolute atomic E-state index is 13.9. The summed E-state index contributed by atoms with van der Waals surface area (Å²) in [5.74, 6) is -3.15. The Hall–Kier alpha value is -3.67. The van der Waals surface area contributed by atoms with Crippen LogP contribution >= 0.6 is 11.8 Å². The van der Waals surface area contributed by atoms with E-state index in [1.165, 1.54) is 11.8 Å². The summed E-state index contributed by atoms with van der Waals surface area (Å²) in [5.41, 5.74) is 0.989. The molecule has 9 nitrogen and oxygen atoms in total. The van der Waals surface area contributed by atoms with E-state index in [0.29, 0.717) is 28.9 Å². The summed E-state index contributed by atoms with van der Waals surface area (Å²) < 4.78 is 27.8. The Morgan fingerprint density at radius 2 is 1.67 bits per heavy atom. The van der Waals surface area contributed by atoms with Crippen LogP contribution in [0, 0.1) is 5.41 Å². The first-order valence-corrected chi connectivity index (χ1v) is 17.7. The van der Waals surface area contributed by atoms with Crippen LogP contribution in [0.15, 0.2) is 88.7 Å². The standard InChI is InChI=1S/C34H40N2O7S2/c1-3-5-18-34(4-2)22-45(42,43)27-17-16-25(19-26(27)30(32(34)40)23-12-8-6-9-13-23)44-21-28(37)36-31(24-14-10-7-11-15-24)33(41)35-20-29(38)39/h6-17,19,30-32,40H,3-5,18,20-22H2,1-2H3,(H,35,41)(H,36,37)(H,38,39)/t30?,31-,32?,34?/m1/s1. The van der Waals surface area contributed by atoms with Crippen LogP contribution in [0.25, 0.3) is 0 Å². The minimum absolute atomic E-state index is 0.0883. The molecule has 0 spiro atoms. The van der Waals surface area contributed by atoms with Crippen LogP contribution in [0.4, 0.5) is 0 Å². The van der Waals surface area contributed by atoms with Gasteiger partial charge in [-0.25, -0.2) is 8.42 Å². The second-order valence-electron chi connectivity index (χ2n) is 11.4. The summed E-state index contributed by atoms with van der Waals surface area (Å²) in [5, 5.41) is 26.0. The van der Waals surface area contributed by atoms with Crippen molar-refractivity contribution < 1.29 is 33.0 Å². The van der Waals surface area contributed by atoms with Crippen molar-refractivity contribution in [3.63, 3.8) is 0 Å². The lowest BCUT2D eigenvalue weighted by Crippen LogP contribution is -2.42. The maximum Gasteiger partial charge on any atom is 0.322 e. The maximum atomic E-state index is 13.9. The molecule has 11 heteroatoms. The molecule has 4 N–H and O–H groups in total. The third-order valence-corrected chi connectivity index (χ3v) is 11.4. The van der Waals surface area contributed by atoms with Crippen molar-refractivity contribution in [2.75, 3.05) is 18.1 Å². The lowest BCUT2D eigenvalue weighted by atomic mass is 9.69. The van der Waals surface area contributed by atoms with Gasteiger partial charge in [0.05, 0.1) is 22.5 Å². The molecule has 0 fully saturated rings. The lowest BCUT2D eigenvalue weighted by Gasteiger charge is -2.39. The molecule has 0 aliphatic carbocycles. The van der Waals surface area contributed by atoms with E-state index in [1.807, 2.05) is 37.3 Å². The van der Waals surface area contributed by atoms with Gasteiger partial charge >= 0.3 is 5.97 Å². The highest BCUT2D eigenvalue weighted by Crippen LogP contribution is 2.49. The highest BCUT2D eigenvalue weighted by atomic mass is 32.2. The van der Waals surface area contributed by atoms with Gasteiger partial charge < -0.3 is 20.8 Å². The van der Waals surface area contributed by atoms with Crippen LogP contribution in [0.5, 0.6) is 0 Å². The molecule has 3 unspecified atom stereocenters. The highest BCUT2D eigenvalue weighted by Gasteiger charge is 2.48. The number of sulfone groups is 1. The summed E-state index contributed by atoms with van der Waals surface area (Å²) in [4.78, 5) is 37.7. The number of carboxylic acid groups (broad SMARTS) is 1. The molecule has 2 amide bonds. The van der Waals surface area contributed by atoms with Crippen molar-refractivity contribution in [2.24, 2.45) is 5.41 Å². The Morgan fingerprint density at radius 1 is 1.00 bits per heavy atom. The Balaban J connectivity index is 1.63. The topological polar surface area (TPSA) is 150 Å². The van der Waals surface area contributed by atoms with Crippen molar-refractivity contribution in [1.29, 1.82) is 0 Å². The molecule has 45 heavy (non-hydrogen) atoms. The fourth-order valence-electron chi connectivity index (χ4n) is 6.03. The van der Waals surface area contributed by atoms with Gasteiger partial charge in [0.25, 0.3) is 0 Å². The van der Waals surface area contributed by atoms with Gasteiger partial charge in [-0.1, -0.05) is 87.4 Å². The first-order chi connectivity index (χ1) is 21.5. The summed E-state index contributed by atoms with van der Waals surface area (Å²) >= 11 is 1.18. The fourth-order valence-corrected chi connectivity index (χ4v) is 9.04. The van der Waals surface area contributed by atoms with Crippen molar-refractivity contribution in [3.8, 4) is 0 Å². The Labute approximate surface area is 268 Å². The molecule has 0 saturated carbocycles. The number of hydrogen-bond donors (Lipinski definition) is 4. The molecular formula is C34H40N2O7S2. The first kappa shape index (κ1) is 34.2. The lowest BCUT2D eigenvalue weighted by molar-refractivity contribution is -0.138. The molecule has 0 saturated heterocycles. The molecule has 4 atom stereocenters. The number of nitrogens with one attached hydrogen (secondary N) is 2. The van der Waals surface area contributed by atoms with Gasteiger partial charge in [0.15, 0.2) is 9.84 Å². The van der Waals surface area contributed by atoms with Crippen molar-refractivity contribution in [2.45, 2.75) is 67.4 Å². The van der Waals surface area contributed by atoms with Gasteiger partial charge in [0, 0.05) is 16.2 Å². The number of aliphatic hydroxyl groups excluding tert-OH is 1. The van der Waals surface area contributed by atoms with Gasteiger partial charge in [-0.3, -0.25) is 14.4 Å². The van der Waals surface area contributed by atoms with Crippen molar-refractivity contribution in [1.82, 2.24) is 10.6 Å². The number of thioether (sulfide) groups is 1. The molecule has 3 aromatic carbocycles. The van der Waals surface area contributed by atoms with E-state index in [-0.39, 0.29) is 16.4 Å². The number of aliphatic hydroxyl groups is 1. The number of hydrogen-bond acceptors (Lipinski definition) is 7. The van der Waals surface area contributed by atoms with E-state index < -0.39 is 57.6 Å². The van der Waals surface area contributed by atoms with Crippen LogP contribution in [0.1, 0.15) is 68.2 Å². The number of carbonyl (C=O) groups is 3. The summed E-state index contributed by atoms with van der Waals surface area (Å²) in [6.45, 7) is 3.41. The average molecular weight is 653 g/mol. The summed E-state index contributed by atoms with van der Waals surface area (Å²) in [6.07, 6.45) is 1.82. The normalized spacial score (nSPS) is 21.1. The van der Waals surface area contributed by atoms with Gasteiger partial charge in [0.1, 0.15) is 12.6 Å². The second kappa shape index (κ2) is 15.1. The quantitative estimate of drug-likeness (QED) is 0.194. The van der Waals surface area contributed by atoms with E-state index in [0.717, 1.165) is 18.4 Å². The number of carbonyl (C=O) groups excluding carboxylic acids is 2. The molecule has 3 aromatic rings. The zero-order valence-electron chi connectivity index (χ0n) is 25.4. The van der Waals surface area contributed by atoms with Crippen molar-refractivity contribution in [3.05, 3.63) is 95.6 Å². The van der Waals surface area contributed by atoms with Crippen LogP contribution < -0.4 is 10.6 Å². The third kappa shape index (κ3) is 8.14. The highest BCUT2D eigenvalue weighted by molar-refractivity contribution is 8.00. The number of aliphatic carboxylic acids is 1. The number of fused-ring (bicyclic) bond motifs is 1. The molecule has 1 aliphatic heterocycles. The number of unbranched alkanes of at least 4 members (excludes halogenated alkanes) is 1. The molecule has 4 rings (SSSR count). The molecule has 1 aliphatic rings. The smallest absolute Gasteiger partial charge is 0.322 e. The predicted octanol–water partition coefficient (Wildman–Crippen LogP) is 4.70. The fraction of sp³-hybridized carbons (Fsp3) is 0.382. The number of rotatable bonds is 13. The molecule has 240 valence electrons. The minimum Gasteiger partial charge on any atom is -0.480 e. The predicted molar refractivity (Wildman–Crippen MR) is 174 cm³/mol. The van der Waals surface area contributed by atoms with Crippen LogP contribution in [0.3, 0.4) is 0 Å². The first-order valence-electron chi connectivity index (χ1n) is 15.1. The van der Waals surface area contributed by atoms with Gasteiger partial charge in [-0.2, -0.15) is 0 Å². The zero-order valence-corrected chi connectivity index (χ0v) is 27.1. The van der Waals surface area contributed by atoms with Gasteiger partial charge in [0.2, 0.25) is 11.8 Å². The van der Waals surface area contributed by atoms with Crippen LogP contribution in [0.2, 0.25) is 0 Å². The molecule has 0 aromatic heterocycles. The molecule has 1 heterocycles. The SMILES string of the molecule is CCCCC1(CC)CS(=O)(=O)c2ccc(SCC(=O)N[C@@H](C(=O)NCC(=O)O)c3ccccc3)cc2C(c2ccccc2)C1O. The molecule has 0 bridgehead atoms. The summed E-state index contributed by atoms with van der Waals surface area (Å²) in [7, 11) is -3.75. The molecular weight excluding hydrogens is 613 g/mol. The summed E-state index contributed by atoms with van der Waals surface area (Å²) in [6, 6.07) is 21.9. The average Bonchev–Trinajstić information content (AvgIpc) is 3.11. The zero-order chi connectivity index (χ0) is 32.6. The van der Waals surface area contributed by atoms with Gasteiger partial charge in [-0.05, 0) is 47.7 Å². The largest absolute Gasteiger partial charge is 0.480 e. The Kier molecular flexibility index (Phi) is 11.5. The minimum atomic E-state index is -3.75. The molecule has 0 radical (unpaired) electrons. The van der Waals surface area contributed by atoms with E-state index in [9.17, 15) is 27.9 Å². The van der Waals surface area contributed by atoms with E-state index >= 15 is 0 Å². The second-order valence-corrected chi connectivity index (χ2v) is 14.4. The Bertz CT molecular complexity index is 1600.